The molecule has 2 aromatic rings. The van der Waals surface area contributed by atoms with Crippen LogP contribution >= 0.6 is 23.1 Å². The number of carbonyl (C=O) groups excluding carboxylic acids is 1. The van der Waals surface area contributed by atoms with Gasteiger partial charge in [0.15, 0.2) is 0 Å². The number of aromatic nitrogens is 2. The van der Waals surface area contributed by atoms with E-state index in [4.69, 9.17) is 4.74 Å². The molecule has 0 radical (unpaired) electrons. The molecule has 1 fully saturated rings. The van der Waals surface area contributed by atoms with Gasteiger partial charge < -0.3 is 10.1 Å². The van der Waals surface area contributed by atoms with Gasteiger partial charge in [-0.25, -0.2) is 4.98 Å². The predicted octanol–water partition coefficient (Wildman–Crippen LogP) is 3.69. The molecule has 128 valence electrons. The highest BCUT2D eigenvalue weighted by molar-refractivity contribution is 8.01. The molecule has 0 aromatic carbocycles. The first-order valence-corrected chi connectivity index (χ1v) is 9.79. The highest BCUT2D eigenvalue weighted by atomic mass is 32.2. The zero-order valence-corrected chi connectivity index (χ0v) is 15.5. The van der Waals surface area contributed by atoms with Gasteiger partial charge in [-0.1, -0.05) is 11.8 Å². The molecule has 1 saturated carbocycles. The van der Waals surface area contributed by atoms with Gasteiger partial charge >= 0.3 is 0 Å². The summed E-state index contributed by atoms with van der Waals surface area (Å²) in [7, 11) is 1.56. The van der Waals surface area contributed by atoms with Crippen LogP contribution in [0.5, 0.6) is 5.75 Å². The minimum Gasteiger partial charge on any atom is -0.496 e. The summed E-state index contributed by atoms with van der Waals surface area (Å²) in [4.78, 5) is 21.0. The second kappa shape index (κ2) is 7.98. The van der Waals surface area contributed by atoms with E-state index in [1.165, 1.54) is 0 Å². The number of amides is 1. The van der Waals surface area contributed by atoms with Crippen molar-refractivity contribution >= 4 is 29.0 Å². The molecule has 2 aromatic heterocycles. The Balaban J connectivity index is 1.51. The molecule has 1 aliphatic rings. The van der Waals surface area contributed by atoms with Crippen LogP contribution in [0.2, 0.25) is 0 Å². The van der Waals surface area contributed by atoms with E-state index in [-0.39, 0.29) is 11.9 Å². The smallest absolute Gasteiger partial charge is 0.256 e. The summed E-state index contributed by atoms with van der Waals surface area (Å²) < 4.78 is 6.38. The molecule has 0 bridgehead atoms. The molecule has 3 rings (SSSR count). The number of hydrogen-bond acceptors (Lipinski definition) is 6. The monoisotopic (exact) mass is 363 g/mol. The van der Waals surface area contributed by atoms with Gasteiger partial charge in [0.05, 0.1) is 12.7 Å². The molecule has 0 spiro atoms. The molecule has 1 N–H and O–H groups in total. The summed E-state index contributed by atoms with van der Waals surface area (Å²) in [5.74, 6) is 0.456. The highest BCUT2D eigenvalue weighted by Crippen LogP contribution is 2.35. The minimum atomic E-state index is -0.105. The van der Waals surface area contributed by atoms with Crippen molar-refractivity contribution in [3.63, 3.8) is 0 Å². The standard InChI is InChI=1S/C17H21N3O2S2/c1-11-10-23-17(19-11)24-13-5-3-12(4-6-13)20-16(21)14-9-18-8-7-15(14)22-2/h7-10,12-13H,3-6H2,1-2H3,(H,20,21). The maximum atomic E-state index is 12.4. The largest absolute Gasteiger partial charge is 0.496 e. The fourth-order valence-corrected chi connectivity index (χ4v) is 5.13. The van der Waals surface area contributed by atoms with Gasteiger partial charge in [0, 0.05) is 34.8 Å². The molecule has 24 heavy (non-hydrogen) atoms. The van der Waals surface area contributed by atoms with Crippen LogP contribution in [-0.4, -0.2) is 34.3 Å². The quantitative estimate of drug-likeness (QED) is 0.878. The van der Waals surface area contributed by atoms with Gasteiger partial charge in [-0.2, -0.15) is 0 Å². The maximum absolute atomic E-state index is 12.4. The second-order valence-electron chi connectivity index (χ2n) is 5.90. The number of aryl methyl sites for hydroxylation is 1. The third kappa shape index (κ3) is 4.27. The zero-order chi connectivity index (χ0) is 16.9. The van der Waals surface area contributed by atoms with Crippen molar-refractivity contribution in [3.05, 3.63) is 35.1 Å². The first-order chi connectivity index (χ1) is 11.7. The Kier molecular flexibility index (Phi) is 5.73. The Morgan fingerprint density at radius 2 is 2.17 bits per heavy atom. The van der Waals surface area contributed by atoms with E-state index in [1.54, 1.807) is 36.9 Å². The van der Waals surface area contributed by atoms with Gasteiger partial charge in [-0.05, 0) is 38.7 Å². The lowest BCUT2D eigenvalue weighted by Gasteiger charge is -2.28. The van der Waals surface area contributed by atoms with E-state index in [0.29, 0.717) is 16.6 Å². The van der Waals surface area contributed by atoms with E-state index in [2.05, 4.69) is 20.7 Å². The SMILES string of the molecule is COc1ccncc1C(=O)NC1CCC(Sc2nc(C)cs2)CC1. The van der Waals surface area contributed by atoms with Crippen molar-refractivity contribution in [2.24, 2.45) is 0 Å². The van der Waals surface area contributed by atoms with Crippen LogP contribution in [0.1, 0.15) is 41.7 Å². The van der Waals surface area contributed by atoms with Crippen LogP contribution in [0.25, 0.3) is 0 Å². The Hall–Kier alpha value is -1.60. The number of methoxy groups -OCH3 is 1. The van der Waals surface area contributed by atoms with E-state index in [0.717, 1.165) is 35.7 Å². The zero-order valence-electron chi connectivity index (χ0n) is 13.8. The van der Waals surface area contributed by atoms with E-state index >= 15 is 0 Å². The third-order valence-corrected chi connectivity index (χ3v) is 6.55. The van der Waals surface area contributed by atoms with Crippen LogP contribution in [0, 0.1) is 6.92 Å². The van der Waals surface area contributed by atoms with Crippen LogP contribution in [0.3, 0.4) is 0 Å². The number of thiazole rings is 1. The van der Waals surface area contributed by atoms with Crippen molar-refractivity contribution in [2.45, 2.75) is 48.2 Å². The molecule has 0 saturated heterocycles. The summed E-state index contributed by atoms with van der Waals surface area (Å²) in [6.07, 6.45) is 7.36. The normalized spacial score (nSPS) is 20.6. The molecular formula is C17H21N3O2S2. The molecule has 0 aliphatic heterocycles. The lowest BCUT2D eigenvalue weighted by atomic mass is 9.95. The van der Waals surface area contributed by atoms with Crippen molar-refractivity contribution in [1.29, 1.82) is 0 Å². The molecular weight excluding hydrogens is 342 g/mol. The molecule has 0 atom stereocenters. The Morgan fingerprint density at radius 1 is 1.38 bits per heavy atom. The molecule has 5 nitrogen and oxygen atoms in total. The average molecular weight is 364 g/mol. The lowest BCUT2D eigenvalue weighted by molar-refractivity contribution is 0.0924. The lowest BCUT2D eigenvalue weighted by Crippen LogP contribution is -2.38. The summed E-state index contributed by atoms with van der Waals surface area (Å²) >= 11 is 3.59. The molecule has 1 amide bonds. The molecule has 1 aliphatic carbocycles. The Morgan fingerprint density at radius 3 is 2.83 bits per heavy atom. The topological polar surface area (TPSA) is 64.1 Å². The summed E-state index contributed by atoms with van der Waals surface area (Å²) in [5.41, 5.74) is 1.59. The molecule has 7 heteroatoms. The van der Waals surface area contributed by atoms with E-state index in [1.807, 2.05) is 18.7 Å². The Labute approximate surface area is 150 Å². The van der Waals surface area contributed by atoms with Gasteiger partial charge in [0.2, 0.25) is 0 Å². The van der Waals surface area contributed by atoms with Crippen LogP contribution in [0.4, 0.5) is 0 Å². The first kappa shape index (κ1) is 17.2. The number of hydrogen-bond donors (Lipinski definition) is 1. The average Bonchev–Trinajstić information content (AvgIpc) is 3.01. The number of ether oxygens (including phenoxy) is 1. The van der Waals surface area contributed by atoms with Crippen molar-refractivity contribution < 1.29 is 9.53 Å². The maximum Gasteiger partial charge on any atom is 0.256 e. The molecule has 0 unspecified atom stereocenters. The van der Waals surface area contributed by atoms with Crippen LogP contribution in [-0.2, 0) is 0 Å². The van der Waals surface area contributed by atoms with Crippen molar-refractivity contribution in [3.8, 4) is 5.75 Å². The van der Waals surface area contributed by atoms with Gasteiger partial charge in [-0.15, -0.1) is 11.3 Å². The molecule has 2 heterocycles. The fraction of sp³-hybridized carbons (Fsp3) is 0.471. The number of pyridine rings is 1. The number of rotatable bonds is 5. The third-order valence-electron chi connectivity index (χ3n) is 4.12. The fourth-order valence-electron chi connectivity index (χ4n) is 2.85. The van der Waals surface area contributed by atoms with E-state index < -0.39 is 0 Å². The number of thioether (sulfide) groups is 1. The number of carbonyl (C=O) groups is 1. The predicted molar refractivity (Wildman–Crippen MR) is 97.0 cm³/mol. The van der Waals surface area contributed by atoms with Crippen molar-refractivity contribution in [2.75, 3.05) is 7.11 Å². The number of nitrogens with one attached hydrogen (secondary N) is 1. The highest BCUT2D eigenvalue weighted by Gasteiger charge is 2.25. The Bertz CT molecular complexity index is 697. The van der Waals surface area contributed by atoms with E-state index in [9.17, 15) is 4.79 Å². The second-order valence-corrected chi connectivity index (χ2v) is 8.30. The minimum absolute atomic E-state index is 0.105. The van der Waals surface area contributed by atoms with Crippen LogP contribution in [0.15, 0.2) is 28.2 Å². The van der Waals surface area contributed by atoms with Crippen LogP contribution < -0.4 is 10.1 Å². The van der Waals surface area contributed by atoms with Crippen molar-refractivity contribution in [1.82, 2.24) is 15.3 Å². The van der Waals surface area contributed by atoms with Gasteiger partial charge in [0.25, 0.3) is 5.91 Å². The summed E-state index contributed by atoms with van der Waals surface area (Å²) in [6, 6.07) is 1.93. The van der Waals surface area contributed by atoms with Gasteiger partial charge in [0.1, 0.15) is 10.1 Å². The first-order valence-electron chi connectivity index (χ1n) is 8.03. The number of nitrogens with zero attached hydrogens (tertiary/aromatic N) is 2. The summed E-state index contributed by atoms with van der Waals surface area (Å²) in [6.45, 7) is 2.03. The van der Waals surface area contributed by atoms with Gasteiger partial charge in [-0.3, -0.25) is 9.78 Å². The summed E-state index contributed by atoms with van der Waals surface area (Å²) in [5, 5.41) is 5.80.